The maximum absolute atomic E-state index is 12.6. The number of rotatable bonds is 9. The fourth-order valence-electron chi connectivity index (χ4n) is 3.25. The number of hydrogen-bond donors (Lipinski definition) is 1. The molecule has 6 heteroatoms. The number of nitrogens with one attached hydrogen (secondary N) is 1. The number of carbonyl (C=O) groups excluding carboxylic acids is 1. The summed E-state index contributed by atoms with van der Waals surface area (Å²) < 4.78 is 17.1. The average Bonchev–Trinajstić information content (AvgIpc) is 2.83. The molecular weight excluding hydrogens is 470 g/mol. The Morgan fingerprint density at radius 1 is 0.969 bits per heavy atom. The second-order valence-electron chi connectivity index (χ2n) is 7.18. The minimum absolute atomic E-state index is 0.188. The average molecular weight is 496 g/mol. The predicted octanol–water partition coefficient (Wildman–Crippen LogP) is 6.02. The molecule has 0 fully saturated rings. The van der Waals surface area contributed by atoms with E-state index >= 15 is 0 Å². The third kappa shape index (κ3) is 6.37. The van der Waals surface area contributed by atoms with E-state index in [1.807, 2.05) is 72.8 Å². The Morgan fingerprint density at radius 2 is 1.69 bits per heavy atom. The zero-order valence-corrected chi connectivity index (χ0v) is 19.7. The van der Waals surface area contributed by atoms with Crippen LogP contribution in [0.15, 0.2) is 83.8 Å². The number of hydrogen-bond acceptors (Lipinski definition) is 4. The maximum Gasteiger partial charge on any atom is 0.407 e. The van der Waals surface area contributed by atoms with E-state index in [1.165, 1.54) is 0 Å². The Labute approximate surface area is 197 Å². The smallest absolute Gasteiger partial charge is 0.407 e. The molecule has 5 nitrogen and oxygen atoms in total. The Kier molecular flexibility index (Phi) is 8.34. The van der Waals surface area contributed by atoms with Crippen molar-refractivity contribution in [1.82, 2.24) is 5.32 Å². The number of ether oxygens (including phenoxy) is 3. The van der Waals surface area contributed by atoms with Gasteiger partial charge in [0.25, 0.3) is 0 Å². The quantitative estimate of drug-likeness (QED) is 0.394. The van der Waals surface area contributed by atoms with Crippen LogP contribution >= 0.6 is 15.9 Å². The molecule has 0 aliphatic rings. The van der Waals surface area contributed by atoms with Crippen LogP contribution < -0.4 is 14.8 Å². The van der Waals surface area contributed by atoms with E-state index < -0.39 is 12.1 Å². The number of halogens is 1. The number of amides is 1. The zero-order valence-electron chi connectivity index (χ0n) is 18.1. The first kappa shape index (κ1) is 23.4. The van der Waals surface area contributed by atoms with E-state index in [1.54, 1.807) is 14.2 Å². The van der Waals surface area contributed by atoms with Crippen molar-refractivity contribution in [3.05, 3.63) is 101 Å². The fraction of sp³-hybridized carbons (Fsp3) is 0.192. The summed E-state index contributed by atoms with van der Waals surface area (Å²) in [4.78, 5) is 12.6. The molecule has 0 saturated carbocycles. The highest BCUT2D eigenvalue weighted by molar-refractivity contribution is 9.10. The molecule has 0 aromatic heterocycles. The van der Waals surface area contributed by atoms with Crippen LogP contribution in [0.5, 0.6) is 11.5 Å². The second kappa shape index (κ2) is 11.4. The summed E-state index contributed by atoms with van der Waals surface area (Å²) in [7, 11) is 3.24. The van der Waals surface area contributed by atoms with Gasteiger partial charge in [0, 0.05) is 4.47 Å². The lowest BCUT2D eigenvalue weighted by Gasteiger charge is -2.22. The molecule has 1 amide bonds. The van der Waals surface area contributed by atoms with Crippen molar-refractivity contribution in [2.75, 3.05) is 14.2 Å². The molecular formula is C26H26BrNO4. The molecule has 0 aliphatic carbocycles. The fourth-order valence-corrected chi connectivity index (χ4v) is 3.66. The van der Waals surface area contributed by atoms with E-state index in [-0.39, 0.29) is 6.61 Å². The highest BCUT2D eigenvalue weighted by atomic mass is 79.9. The van der Waals surface area contributed by atoms with Gasteiger partial charge in [0.1, 0.15) is 18.1 Å². The van der Waals surface area contributed by atoms with Gasteiger partial charge < -0.3 is 19.5 Å². The number of benzene rings is 3. The third-order valence-corrected chi connectivity index (χ3v) is 5.82. The van der Waals surface area contributed by atoms with Crippen LogP contribution in [0.25, 0.3) is 5.57 Å². The summed E-state index contributed by atoms with van der Waals surface area (Å²) in [6.45, 7) is 4.46. The molecule has 0 bridgehead atoms. The van der Waals surface area contributed by atoms with E-state index in [2.05, 4.69) is 27.8 Å². The summed E-state index contributed by atoms with van der Waals surface area (Å²) in [5.41, 5.74) is 3.51. The molecule has 0 heterocycles. The molecule has 0 spiro atoms. The first-order valence-electron chi connectivity index (χ1n) is 10.1. The molecule has 3 aromatic carbocycles. The first-order valence-corrected chi connectivity index (χ1v) is 10.9. The van der Waals surface area contributed by atoms with Gasteiger partial charge in [-0.15, -0.1) is 0 Å². The molecule has 3 aromatic rings. The Hall–Kier alpha value is -3.25. The molecule has 32 heavy (non-hydrogen) atoms. The van der Waals surface area contributed by atoms with Crippen LogP contribution in [-0.2, 0) is 17.8 Å². The molecule has 166 valence electrons. The number of methoxy groups -OCH3 is 2. The molecule has 0 saturated heterocycles. The largest absolute Gasteiger partial charge is 0.497 e. The van der Waals surface area contributed by atoms with E-state index in [0.29, 0.717) is 6.42 Å². The summed E-state index contributed by atoms with van der Waals surface area (Å²) in [5, 5.41) is 2.97. The minimum Gasteiger partial charge on any atom is -0.497 e. The summed E-state index contributed by atoms with van der Waals surface area (Å²) >= 11 is 3.59. The summed E-state index contributed by atoms with van der Waals surface area (Å²) in [6, 6.07) is 22.5. The number of alkyl carbamates (subject to hydrolysis) is 1. The zero-order chi connectivity index (χ0) is 22.9. The maximum atomic E-state index is 12.6. The number of carbonyl (C=O) groups is 1. The van der Waals surface area contributed by atoms with Gasteiger partial charge in [-0.25, -0.2) is 4.79 Å². The Morgan fingerprint density at radius 3 is 2.41 bits per heavy atom. The van der Waals surface area contributed by atoms with Crippen molar-refractivity contribution in [3.8, 4) is 11.5 Å². The normalized spacial score (nSPS) is 11.3. The van der Waals surface area contributed by atoms with Crippen LogP contribution in [0.4, 0.5) is 4.79 Å². The van der Waals surface area contributed by atoms with Gasteiger partial charge >= 0.3 is 6.09 Å². The van der Waals surface area contributed by atoms with Crippen molar-refractivity contribution in [2.45, 2.75) is 19.1 Å². The van der Waals surface area contributed by atoms with Gasteiger partial charge in [-0.05, 0) is 59.0 Å². The molecule has 3 rings (SSSR count). The highest BCUT2D eigenvalue weighted by Crippen LogP contribution is 2.28. The molecule has 1 N–H and O–H groups in total. The lowest BCUT2D eigenvalue weighted by atomic mass is 9.94. The van der Waals surface area contributed by atoms with Crippen molar-refractivity contribution in [3.63, 3.8) is 0 Å². The predicted molar refractivity (Wildman–Crippen MR) is 130 cm³/mol. The van der Waals surface area contributed by atoms with Gasteiger partial charge in [-0.1, -0.05) is 65.0 Å². The van der Waals surface area contributed by atoms with Crippen LogP contribution in [-0.4, -0.2) is 26.4 Å². The standard InChI is InChI=1S/C26H26BrNO4/c1-18(20-10-7-11-22(14-20)30-2)25(16-21-15-23(31-3)12-13-24(21)27)28-26(29)32-17-19-8-5-4-6-9-19/h4-15,25H,1,16-17H2,2-3H3,(H,28,29)/t25-/m0/s1. The van der Waals surface area contributed by atoms with Gasteiger partial charge in [-0.3, -0.25) is 0 Å². The van der Waals surface area contributed by atoms with E-state index in [9.17, 15) is 4.79 Å². The topological polar surface area (TPSA) is 56.8 Å². The summed E-state index contributed by atoms with van der Waals surface area (Å²) in [5.74, 6) is 1.46. The van der Waals surface area contributed by atoms with Gasteiger partial charge in [0.15, 0.2) is 0 Å². The van der Waals surface area contributed by atoms with Crippen molar-refractivity contribution >= 4 is 27.6 Å². The van der Waals surface area contributed by atoms with Crippen molar-refractivity contribution < 1.29 is 19.0 Å². The Bertz CT molecular complexity index is 1070. The van der Waals surface area contributed by atoms with Gasteiger partial charge in [0.05, 0.1) is 20.3 Å². The highest BCUT2D eigenvalue weighted by Gasteiger charge is 2.20. The summed E-state index contributed by atoms with van der Waals surface area (Å²) in [6.07, 6.45) is -0.0178. The van der Waals surface area contributed by atoms with Gasteiger partial charge in [0.2, 0.25) is 0 Å². The van der Waals surface area contributed by atoms with E-state index in [4.69, 9.17) is 14.2 Å². The van der Waals surface area contributed by atoms with Gasteiger partial charge in [-0.2, -0.15) is 0 Å². The van der Waals surface area contributed by atoms with Crippen molar-refractivity contribution in [2.24, 2.45) is 0 Å². The lowest BCUT2D eigenvalue weighted by molar-refractivity contribution is 0.138. The van der Waals surface area contributed by atoms with Crippen LogP contribution in [0.3, 0.4) is 0 Å². The van der Waals surface area contributed by atoms with Crippen LogP contribution in [0, 0.1) is 0 Å². The molecule has 0 radical (unpaired) electrons. The lowest BCUT2D eigenvalue weighted by Crippen LogP contribution is -2.37. The molecule has 0 aliphatic heterocycles. The SMILES string of the molecule is C=C(c1cccc(OC)c1)[C@H](Cc1cc(OC)ccc1Br)NC(=O)OCc1ccccc1. The first-order chi connectivity index (χ1) is 15.5. The third-order valence-electron chi connectivity index (χ3n) is 5.04. The molecule has 0 unspecified atom stereocenters. The minimum atomic E-state index is -0.512. The van der Waals surface area contributed by atoms with Crippen molar-refractivity contribution in [1.29, 1.82) is 0 Å². The second-order valence-corrected chi connectivity index (χ2v) is 8.03. The Balaban J connectivity index is 1.81. The van der Waals surface area contributed by atoms with E-state index in [0.717, 1.165) is 38.2 Å². The molecule has 1 atom stereocenters. The monoisotopic (exact) mass is 495 g/mol. The van der Waals surface area contributed by atoms with Crippen LogP contribution in [0.1, 0.15) is 16.7 Å². The van der Waals surface area contributed by atoms with Crippen LogP contribution in [0.2, 0.25) is 0 Å².